The summed E-state index contributed by atoms with van der Waals surface area (Å²) in [5.74, 6) is 0.573. The predicted molar refractivity (Wildman–Crippen MR) is 216 cm³/mol. The fourth-order valence-corrected chi connectivity index (χ4v) is 8.27. The summed E-state index contributed by atoms with van der Waals surface area (Å²) in [4.78, 5) is 0. The zero-order valence-corrected chi connectivity index (χ0v) is 36.0. The molecule has 1 unspecified atom stereocenters. The van der Waals surface area contributed by atoms with E-state index < -0.39 is 0 Å². The number of fused-ring (bicyclic) bond motifs is 5. The summed E-state index contributed by atoms with van der Waals surface area (Å²) in [5.41, 5.74) is 10.6. The molecule has 0 saturated carbocycles. The Morgan fingerprint density at radius 2 is 1.15 bits per heavy atom. The first kappa shape index (κ1) is 41.8. The second-order valence-corrected chi connectivity index (χ2v) is 18.2. The van der Waals surface area contributed by atoms with Crippen LogP contribution in [0.5, 0.6) is 0 Å². The molecule has 0 nitrogen and oxygen atoms in total. The molecule has 0 aliphatic heterocycles. The van der Waals surface area contributed by atoms with Crippen LogP contribution in [0.2, 0.25) is 0 Å². The van der Waals surface area contributed by atoms with E-state index in [9.17, 15) is 0 Å². The van der Waals surface area contributed by atoms with Gasteiger partial charge in [-0.3, -0.25) is 6.08 Å². The first-order chi connectivity index (χ1) is 23.7. The monoisotopic (exact) mass is 800 g/mol. The third-order valence-corrected chi connectivity index (χ3v) is 11.3. The fraction of sp³-hybridized carbons (Fsp3) is 0.306. The third kappa shape index (κ3) is 9.58. The molecule has 0 aromatic heterocycles. The standard InChI is InChI=1S/C23H21.C15H14.C11H17.2ClH.Zr/c1-22(2)7-5-14-10-18-16(12-20(14)22)9-17-13-21-15(11-19(17)18)6-8-23(21,3)4;1-3-8-14(9-4-1)12-7-13-15-10-5-2-6-11-15;1-5-9-6-7-10(8-9)11(2,3)4;;;/h5-13H,1-4H3;1-6,8-11H,12-13H2;7-9H,5H2,1-4H3;2*1H;/q-1;;-1;;;+2/p-2. The molecule has 3 aliphatic carbocycles. The van der Waals surface area contributed by atoms with Gasteiger partial charge in [0.25, 0.3) is 0 Å². The molecule has 0 saturated heterocycles. The SMILES string of the molecule is CC1(C)C=Cc2cc3c(cc21)[cH-]c1cc2c(cc13)C=CC2(C)C.CCC1[C-]=CC(C(C)(C)C)=C1.[Cl-].[Cl-].[Zr+2]=[C](Cc1ccccc1)Cc1ccccc1. The Morgan fingerprint density at radius 3 is 1.52 bits per heavy atom. The van der Waals surface area contributed by atoms with Gasteiger partial charge in [-0.2, -0.15) is 11.6 Å². The number of hydrogen-bond donors (Lipinski definition) is 0. The summed E-state index contributed by atoms with van der Waals surface area (Å²) in [6.07, 6.45) is 20.4. The minimum atomic E-state index is 0. The van der Waals surface area contributed by atoms with Crippen LogP contribution in [0.4, 0.5) is 0 Å². The van der Waals surface area contributed by atoms with E-state index in [0.29, 0.717) is 11.3 Å². The summed E-state index contributed by atoms with van der Waals surface area (Å²) in [5, 5.41) is 5.53. The molecular formula is C49H52Cl2Zr-2. The third-order valence-electron chi connectivity index (χ3n) is 10.5. The van der Waals surface area contributed by atoms with E-state index in [2.05, 4.69) is 189 Å². The normalized spacial score (nSPS) is 16.9. The summed E-state index contributed by atoms with van der Waals surface area (Å²) in [6.45, 7) is 18.1. The second kappa shape index (κ2) is 17.0. The second-order valence-electron chi connectivity index (χ2n) is 16.4. The molecule has 3 heteroatoms. The van der Waals surface area contributed by atoms with Crippen LogP contribution < -0.4 is 24.8 Å². The Morgan fingerprint density at radius 1 is 0.712 bits per heavy atom. The molecule has 5 aromatic rings. The van der Waals surface area contributed by atoms with Crippen LogP contribution in [0, 0.1) is 17.4 Å². The summed E-state index contributed by atoms with van der Waals surface area (Å²) in [7, 11) is 0. The van der Waals surface area contributed by atoms with Gasteiger partial charge < -0.3 is 24.8 Å². The molecule has 0 radical (unpaired) electrons. The number of allylic oxidation sites excluding steroid dienone is 6. The molecular weight excluding hydrogens is 751 g/mol. The Labute approximate surface area is 340 Å². The van der Waals surface area contributed by atoms with Crippen LogP contribution in [0.1, 0.15) is 95.2 Å². The number of hydrogen-bond acceptors (Lipinski definition) is 0. The van der Waals surface area contributed by atoms with Gasteiger partial charge in [0, 0.05) is 10.8 Å². The van der Waals surface area contributed by atoms with Crippen LogP contribution in [0.25, 0.3) is 33.7 Å². The molecule has 52 heavy (non-hydrogen) atoms. The molecule has 268 valence electrons. The number of benzene rings is 4. The van der Waals surface area contributed by atoms with Gasteiger partial charge in [-0.25, -0.2) is 6.08 Å². The average molecular weight is 803 g/mol. The van der Waals surface area contributed by atoms with Gasteiger partial charge in [0.15, 0.2) is 0 Å². The van der Waals surface area contributed by atoms with Crippen LogP contribution >= 0.6 is 0 Å². The maximum atomic E-state index is 3.35. The van der Waals surface area contributed by atoms with E-state index in [4.69, 9.17) is 0 Å². The number of halogens is 2. The van der Waals surface area contributed by atoms with Crippen molar-refractivity contribution in [2.45, 2.75) is 85.5 Å². The Hall–Kier alpha value is -2.96. The molecule has 0 amide bonds. The first-order valence-electron chi connectivity index (χ1n) is 18.3. The molecule has 0 N–H and O–H groups in total. The van der Waals surface area contributed by atoms with Gasteiger partial charge in [0.05, 0.1) is 0 Å². The first-order valence-corrected chi connectivity index (χ1v) is 19.5. The van der Waals surface area contributed by atoms with Crippen molar-refractivity contribution >= 4 is 36.9 Å². The van der Waals surface area contributed by atoms with Crippen LogP contribution in [0.15, 0.2) is 121 Å². The van der Waals surface area contributed by atoms with Gasteiger partial charge in [0.1, 0.15) is 0 Å². The molecule has 0 bridgehead atoms. The van der Waals surface area contributed by atoms with Crippen molar-refractivity contribution in [3.05, 3.63) is 160 Å². The van der Waals surface area contributed by atoms with Crippen molar-refractivity contribution in [2.75, 3.05) is 0 Å². The summed E-state index contributed by atoms with van der Waals surface area (Å²) in [6, 6.07) is 33.3. The van der Waals surface area contributed by atoms with Crippen LogP contribution in [-0.2, 0) is 47.9 Å². The van der Waals surface area contributed by atoms with E-state index in [1.165, 1.54) is 66.9 Å². The van der Waals surface area contributed by atoms with E-state index >= 15 is 0 Å². The molecule has 5 aromatic carbocycles. The predicted octanol–water partition coefficient (Wildman–Crippen LogP) is 6.88. The van der Waals surface area contributed by atoms with E-state index in [-0.39, 0.29) is 35.6 Å². The Bertz CT molecular complexity index is 2000. The maximum absolute atomic E-state index is 3.35. The van der Waals surface area contributed by atoms with Gasteiger partial charge in [-0.1, -0.05) is 121 Å². The molecule has 3 aliphatic rings. The van der Waals surface area contributed by atoms with Crippen molar-refractivity contribution in [3.63, 3.8) is 0 Å². The van der Waals surface area contributed by atoms with Gasteiger partial charge in [-0.15, -0.1) is 39.7 Å². The van der Waals surface area contributed by atoms with Crippen LogP contribution in [-0.4, -0.2) is 3.21 Å². The quantitative estimate of drug-likeness (QED) is 0.170. The fourth-order valence-electron chi connectivity index (χ4n) is 7.27. The Kier molecular flexibility index (Phi) is 13.7. The van der Waals surface area contributed by atoms with Crippen molar-refractivity contribution in [3.8, 4) is 0 Å². The molecule has 0 spiro atoms. The van der Waals surface area contributed by atoms with Crippen molar-refractivity contribution in [1.29, 1.82) is 0 Å². The summed E-state index contributed by atoms with van der Waals surface area (Å²) < 4.78 is 1.60. The number of rotatable bonds is 5. The van der Waals surface area contributed by atoms with E-state index in [1.807, 2.05) is 0 Å². The summed E-state index contributed by atoms with van der Waals surface area (Å²) >= 11 is 1.55. The van der Waals surface area contributed by atoms with Crippen LogP contribution in [0.3, 0.4) is 0 Å². The van der Waals surface area contributed by atoms with E-state index in [1.54, 1.807) is 27.4 Å². The zero-order chi connectivity index (χ0) is 35.7. The average Bonchev–Trinajstić information content (AvgIpc) is 3.85. The van der Waals surface area contributed by atoms with Crippen molar-refractivity contribution in [1.82, 2.24) is 0 Å². The topological polar surface area (TPSA) is 0 Å². The van der Waals surface area contributed by atoms with Gasteiger partial charge in [-0.05, 0) is 11.1 Å². The Balaban J connectivity index is 0.000000184. The molecule has 0 fully saturated rings. The van der Waals surface area contributed by atoms with E-state index in [0.717, 1.165) is 12.8 Å². The van der Waals surface area contributed by atoms with Crippen molar-refractivity contribution < 1.29 is 49.0 Å². The van der Waals surface area contributed by atoms with Crippen molar-refractivity contribution in [2.24, 2.45) is 11.3 Å². The van der Waals surface area contributed by atoms with Gasteiger partial charge >= 0.3 is 112 Å². The minimum absolute atomic E-state index is 0. The van der Waals surface area contributed by atoms with Gasteiger partial charge in [0.2, 0.25) is 0 Å². The molecule has 8 rings (SSSR count). The molecule has 0 heterocycles. The zero-order valence-electron chi connectivity index (χ0n) is 32.1. The molecule has 1 atom stereocenters.